The Morgan fingerprint density at radius 3 is 1.74 bits per heavy atom. The Balaban J connectivity index is 1.74. The summed E-state index contributed by atoms with van der Waals surface area (Å²) in [6, 6.07) is 17.4. The minimum absolute atomic E-state index is 0.482. The van der Waals surface area contributed by atoms with Crippen molar-refractivity contribution in [2.45, 2.75) is 13.0 Å². The molecule has 0 spiro atoms. The van der Waals surface area contributed by atoms with Crippen molar-refractivity contribution < 1.29 is 9.59 Å². The van der Waals surface area contributed by atoms with E-state index in [1.165, 1.54) is 10.0 Å². The molecule has 3 aromatic carbocycles. The van der Waals surface area contributed by atoms with E-state index in [0.717, 1.165) is 10.0 Å². The smallest absolute Gasteiger partial charge is 0.269 e. The number of hydrogen-bond donors (Lipinski definition) is 0. The predicted molar refractivity (Wildman–Crippen MR) is 125 cm³/mol. The first-order valence-corrected chi connectivity index (χ1v) is 10.8. The maximum absolute atomic E-state index is 13.3. The number of benzene rings is 3. The quantitative estimate of drug-likeness (QED) is 0.292. The molecule has 0 aliphatic carbocycles. The van der Waals surface area contributed by atoms with Gasteiger partial charge in [-0.25, -0.2) is 10.0 Å². The Morgan fingerprint density at radius 2 is 1.29 bits per heavy atom. The van der Waals surface area contributed by atoms with Crippen LogP contribution in [0.15, 0.2) is 81.4 Å². The summed E-state index contributed by atoms with van der Waals surface area (Å²) >= 11 is 15.4. The van der Waals surface area contributed by atoms with Crippen LogP contribution in [0.5, 0.6) is 0 Å². The lowest BCUT2D eigenvalue weighted by atomic mass is 10.2. The Kier molecular flexibility index (Phi) is 6.09. The molecule has 0 radical (unpaired) electrons. The van der Waals surface area contributed by atoms with Gasteiger partial charge in [-0.15, -0.1) is 0 Å². The molecule has 0 N–H and O–H groups in total. The fraction of sp³-hybridized carbons (Fsp3) is 0.0909. The molecule has 1 aliphatic heterocycles. The lowest BCUT2D eigenvalue weighted by Gasteiger charge is -2.27. The summed E-state index contributed by atoms with van der Waals surface area (Å²) in [6.45, 7) is 1.87. The molecule has 2 amide bonds. The summed E-state index contributed by atoms with van der Waals surface area (Å²) in [5, 5.41) is 11.9. The molecule has 1 saturated heterocycles. The van der Waals surface area contributed by atoms with Crippen LogP contribution in [0.3, 0.4) is 0 Å². The van der Waals surface area contributed by atoms with Crippen LogP contribution in [-0.4, -0.2) is 17.9 Å². The minimum Gasteiger partial charge on any atom is -0.269 e. The summed E-state index contributed by atoms with van der Waals surface area (Å²) in [6.07, 6.45) is 0. The van der Waals surface area contributed by atoms with E-state index in [-0.39, 0.29) is 0 Å². The monoisotopic (exact) mass is 516 g/mol. The number of aryl methyl sites for hydroxylation is 1. The number of rotatable bonds is 4. The second kappa shape index (κ2) is 8.78. The van der Waals surface area contributed by atoms with Crippen molar-refractivity contribution in [2.75, 3.05) is 10.0 Å². The number of nitrogens with zero attached hydrogens (tertiary/aromatic N) is 4. The molecule has 3 aromatic rings. The maximum Gasteiger partial charge on any atom is 0.282 e. The van der Waals surface area contributed by atoms with Crippen LogP contribution in [0, 0.1) is 6.92 Å². The van der Waals surface area contributed by atoms with Crippen LogP contribution in [-0.2, 0) is 9.59 Å². The molecule has 1 heterocycles. The van der Waals surface area contributed by atoms with E-state index in [9.17, 15) is 9.59 Å². The van der Waals surface area contributed by atoms with Crippen molar-refractivity contribution in [3.8, 4) is 0 Å². The zero-order valence-electron chi connectivity index (χ0n) is 16.2. The van der Waals surface area contributed by atoms with Gasteiger partial charge in [0.25, 0.3) is 11.8 Å². The van der Waals surface area contributed by atoms with Crippen molar-refractivity contribution in [2.24, 2.45) is 10.2 Å². The lowest BCUT2D eigenvalue weighted by Crippen LogP contribution is -2.41. The molecule has 0 saturated carbocycles. The number of azo groups is 1. The van der Waals surface area contributed by atoms with E-state index in [1.54, 1.807) is 54.6 Å². The van der Waals surface area contributed by atoms with Gasteiger partial charge in [-0.05, 0) is 79.2 Å². The van der Waals surface area contributed by atoms with Crippen molar-refractivity contribution >= 4 is 68.0 Å². The molecule has 1 fully saturated rings. The van der Waals surface area contributed by atoms with Gasteiger partial charge in [0.05, 0.1) is 17.1 Å². The third-order valence-corrected chi connectivity index (χ3v) is 5.66. The van der Waals surface area contributed by atoms with E-state index in [1.807, 2.05) is 19.1 Å². The molecule has 6 nitrogen and oxygen atoms in total. The number of amides is 2. The molecular weight excluding hydrogens is 503 g/mol. The number of hydrogen-bond acceptors (Lipinski definition) is 4. The average molecular weight is 518 g/mol. The fourth-order valence-electron chi connectivity index (χ4n) is 3.13. The zero-order chi connectivity index (χ0) is 22.1. The second-order valence-electron chi connectivity index (χ2n) is 6.80. The minimum atomic E-state index is -1.31. The molecule has 0 bridgehead atoms. The average Bonchev–Trinajstić information content (AvgIpc) is 2.99. The van der Waals surface area contributed by atoms with Crippen LogP contribution >= 0.6 is 39.1 Å². The predicted octanol–water partition coefficient (Wildman–Crippen LogP) is 6.51. The van der Waals surface area contributed by atoms with Gasteiger partial charge in [0, 0.05) is 14.5 Å². The summed E-state index contributed by atoms with van der Waals surface area (Å²) in [5.41, 5.74) is 2.40. The van der Waals surface area contributed by atoms with E-state index >= 15 is 0 Å². The van der Waals surface area contributed by atoms with Crippen LogP contribution < -0.4 is 10.0 Å². The van der Waals surface area contributed by atoms with Crippen molar-refractivity contribution in [1.29, 1.82) is 0 Å². The molecule has 4 rings (SSSR count). The molecule has 156 valence electrons. The van der Waals surface area contributed by atoms with Crippen LogP contribution in [0.2, 0.25) is 10.0 Å². The SMILES string of the molecule is Cc1cc(Br)ccc1N=NC1C(=O)N(c2ccc(Cl)cc2)N(c2ccc(Cl)cc2)C1=O. The van der Waals surface area contributed by atoms with E-state index < -0.39 is 17.9 Å². The van der Waals surface area contributed by atoms with Gasteiger partial charge < -0.3 is 0 Å². The highest BCUT2D eigenvalue weighted by atomic mass is 79.9. The first kappa shape index (κ1) is 21.5. The third kappa shape index (κ3) is 4.35. The zero-order valence-corrected chi connectivity index (χ0v) is 19.3. The molecule has 1 aliphatic rings. The maximum atomic E-state index is 13.3. The molecule has 0 atom stereocenters. The van der Waals surface area contributed by atoms with Crippen LogP contribution in [0.4, 0.5) is 17.1 Å². The van der Waals surface area contributed by atoms with Crippen LogP contribution in [0.25, 0.3) is 0 Å². The molecule has 0 unspecified atom stereocenters. The Bertz CT molecular complexity index is 1120. The molecule has 0 aromatic heterocycles. The van der Waals surface area contributed by atoms with Gasteiger partial charge in [0.2, 0.25) is 6.04 Å². The summed E-state index contributed by atoms with van der Waals surface area (Å²) < 4.78 is 0.903. The third-order valence-electron chi connectivity index (χ3n) is 4.67. The Morgan fingerprint density at radius 1 is 0.806 bits per heavy atom. The highest BCUT2D eigenvalue weighted by molar-refractivity contribution is 9.10. The van der Waals surface area contributed by atoms with Crippen molar-refractivity contribution in [1.82, 2.24) is 0 Å². The summed E-state index contributed by atoms with van der Waals surface area (Å²) in [4.78, 5) is 26.5. The van der Waals surface area contributed by atoms with Crippen molar-refractivity contribution in [3.05, 3.63) is 86.8 Å². The normalized spacial score (nSPS) is 14.8. The lowest BCUT2D eigenvalue weighted by molar-refractivity contribution is -0.123. The van der Waals surface area contributed by atoms with E-state index in [0.29, 0.717) is 27.1 Å². The van der Waals surface area contributed by atoms with Gasteiger partial charge in [-0.3, -0.25) is 9.59 Å². The Hall–Kier alpha value is -2.74. The largest absolute Gasteiger partial charge is 0.282 e. The van der Waals surface area contributed by atoms with Gasteiger partial charge in [-0.2, -0.15) is 10.2 Å². The van der Waals surface area contributed by atoms with Crippen LogP contribution in [0.1, 0.15) is 5.56 Å². The molecular formula is C22H15BrCl2N4O2. The number of hydrazine groups is 1. The molecule has 9 heteroatoms. The number of anilines is 2. The molecule has 31 heavy (non-hydrogen) atoms. The highest BCUT2D eigenvalue weighted by Crippen LogP contribution is 2.32. The summed E-state index contributed by atoms with van der Waals surface area (Å²) in [7, 11) is 0. The number of halogens is 3. The van der Waals surface area contributed by atoms with Gasteiger partial charge in [0.1, 0.15) is 0 Å². The summed E-state index contributed by atoms with van der Waals surface area (Å²) in [5.74, 6) is -1.03. The van der Waals surface area contributed by atoms with Gasteiger partial charge in [0.15, 0.2) is 0 Å². The van der Waals surface area contributed by atoms with Crippen molar-refractivity contribution in [3.63, 3.8) is 0 Å². The highest BCUT2D eigenvalue weighted by Gasteiger charge is 2.47. The number of carbonyl (C=O) groups excluding carboxylic acids is 2. The first-order valence-electron chi connectivity index (χ1n) is 9.21. The van der Waals surface area contributed by atoms with Gasteiger partial charge in [-0.1, -0.05) is 39.1 Å². The first-order chi connectivity index (χ1) is 14.8. The fourth-order valence-corrected chi connectivity index (χ4v) is 3.86. The van der Waals surface area contributed by atoms with E-state index in [2.05, 4.69) is 26.2 Å². The van der Waals surface area contributed by atoms with Gasteiger partial charge >= 0.3 is 0 Å². The number of carbonyl (C=O) groups is 2. The standard InChI is InChI=1S/C22H15BrCl2N4O2/c1-13-12-14(23)2-11-19(13)26-27-20-21(30)28(17-7-3-15(24)4-8-17)29(22(20)31)18-9-5-16(25)6-10-18/h2-12,20H,1H3. The van der Waals surface area contributed by atoms with E-state index in [4.69, 9.17) is 23.2 Å². The topological polar surface area (TPSA) is 65.3 Å². The second-order valence-corrected chi connectivity index (χ2v) is 8.59. The Labute approximate surface area is 197 Å².